The summed E-state index contributed by atoms with van der Waals surface area (Å²) in [5, 5.41) is 0.901. The Kier molecular flexibility index (Phi) is 4.44. The van der Waals surface area contributed by atoms with Crippen LogP contribution in [0.1, 0.15) is 42.2 Å². The van der Waals surface area contributed by atoms with E-state index in [0.717, 1.165) is 42.8 Å². The maximum absolute atomic E-state index is 12.9. The predicted octanol–water partition coefficient (Wildman–Crippen LogP) is 1.67. The lowest BCUT2D eigenvalue weighted by Gasteiger charge is -2.28. The fourth-order valence-electron chi connectivity index (χ4n) is 4.04. The Morgan fingerprint density at radius 1 is 1.23 bits per heavy atom. The molecule has 1 saturated heterocycles. The minimum atomic E-state index is -0.0126. The minimum Gasteiger partial charge on any atom is -0.378 e. The number of ether oxygens (including phenoxy) is 1. The van der Waals surface area contributed by atoms with Crippen LogP contribution in [0, 0.1) is 0 Å². The monoisotopic (exact) mass is 358 g/mol. The molecule has 0 spiro atoms. The van der Waals surface area contributed by atoms with Crippen molar-refractivity contribution in [1.82, 2.24) is 19.4 Å². The van der Waals surface area contributed by atoms with E-state index in [-0.39, 0.29) is 11.9 Å². The van der Waals surface area contributed by atoms with Gasteiger partial charge in [0.2, 0.25) is 5.95 Å². The fraction of sp³-hybridized carbons (Fsp3) is 0.611. The average Bonchev–Trinajstić information content (AvgIpc) is 3.28. The summed E-state index contributed by atoms with van der Waals surface area (Å²) in [5.74, 6) is 1.04. The van der Waals surface area contributed by atoms with Crippen LogP contribution in [0.3, 0.4) is 0 Å². The van der Waals surface area contributed by atoms with Crippen molar-refractivity contribution in [2.24, 2.45) is 0 Å². The summed E-state index contributed by atoms with van der Waals surface area (Å²) in [6.45, 7) is 2.85. The van der Waals surface area contributed by atoms with Crippen molar-refractivity contribution < 1.29 is 9.53 Å². The number of anilines is 2. The summed E-state index contributed by atoms with van der Waals surface area (Å²) in [7, 11) is 3.56. The van der Waals surface area contributed by atoms with Crippen LogP contribution in [0.4, 0.5) is 11.8 Å². The number of carbonyl (C=O) groups excluding carboxylic acids is 1. The first kappa shape index (κ1) is 17.1. The predicted molar refractivity (Wildman–Crippen MR) is 100 cm³/mol. The molecule has 8 heteroatoms. The lowest BCUT2D eigenvalue weighted by atomic mass is 10.2. The van der Waals surface area contributed by atoms with E-state index in [1.54, 1.807) is 19.0 Å². The summed E-state index contributed by atoms with van der Waals surface area (Å²) in [6, 6.07) is 2.23. The zero-order chi connectivity index (χ0) is 18.3. The van der Waals surface area contributed by atoms with E-state index < -0.39 is 0 Å². The first-order valence-electron chi connectivity index (χ1n) is 9.29. The Morgan fingerprint density at radius 2 is 1.92 bits per heavy atom. The van der Waals surface area contributed by atoms with Gasteiger partial charge in [-0.25, -0.2) is 0 Å². The van der Waals surface area contributed by atoms with Crippen molar-refractivity contribution in [3.8, 4) is 0 Å². The molecule has 1 amide bonds. The maximum atomic E-state index is 12.9. The highest BCUT2D eigenvalue weighted by Crippen LogP contribution is 2.37. The number of carbonyl (C=O) groups is 1. The number of hydrogen-bond donors (Lipinski definition) is 1. The summed E-state index contributed by atoms with van der Waals surface area (Å²) in [6.07, 6.45) is 4.48. The molecule has 1 saturated carbocycles. The second kappa shape index (κ2) is 6.75. The largest absolute Gasteiger partial charge is 0.378 e. The zero-order valence-electron chi connectivity index (χ0n) is 15.4. The molecule has 1 aliphatic heterocycles. The van der Waals surface area contributed by atoms with Crippen molar-refractivity contribution in [2.75, 3.05) is 51.0 Å². The van der Waals surface area contributed by atoms with Gasteiger partial charge in [-0.05, 0) is 18.9 Å². The Morgan fingerprint density at radius 3 is 2.58 bits per heavy atom. The number of aromatic nitrogens is 3. The molecule has 0 radical (unpaired) electrons. The third kappa shape index (κ3) is 2.88. The lowest BCUT2D eigenvalue weighted by molar-refractivity contribution is 0.0815. The molecule has 2 N–H and O–H groups in total. The molecule has 4 rings (SSSR count). The smallest absolute Gasteiger partial charge is 0.270 e. The molecule has 26 heavy (non-hydrogen) atoms. The molecule has 2 fully saturated rings. The Hall–Kier alpha value is -2.35. The second-order valence-electron chi connectivity index (χ2n) is 7.28. The molecule has 2 aromatic rings. The van der Waals surface area contributed by atoms with Crippen LogP contribution in [0.5, 0.6) is 0 Å². The van der Waals surface area contributed by atoms with Crippen LogP contribution in [-0.2, 0) is 4.74 Å². The van der Waals surface area contributed by atoms with Crippen LogP contribution in [-0.4, -0.2) is 65.7 Å². The highest BCUT2D eigenvalue weighted by Gasteiger charge is 2.29. The van der Waals surface area contributed by atoms with E-state index in [0.29, 0.717) is 24.9 Å². The molecule has 3 heterocycles. The SMILES string of the molecule is CN(C)C(=O)c1cc2c(N3CCOCC3)nc(N)nc2n1C1CCCC1. The average molecular weight is 358 g/mol. The van der Waals surface area contributed by atoms with Gasteiger partial charge in [0.25, 0.3) is 5.91 Å². The number of amides is 1. The van der Waals surface area contributed by atoms with Crippen LogP contribution in [0.15, 0.2) is 6.07 Å². The number of nitrogens with two attached hydrogens (primary N) is 1. The van der Waals surface area contributed by atoms with E-state index in [1.807, 2.05) is 6.07 Å². The first-order chi connectivity index (χ1) is 12.6. The maximum Gasteiger partial charge on any atom is 0.270 e. The highest BCUT2D eigenvalue weighted by atomic mass is 16.5. The Balaban J connectivity index is 1.92. The third-order valence-electron chi connectivity index (χ3n) is 5.32. The molecule has 0 aromatic carbocycles. The highest BCUT2D eigenvalue weighted by molar-refractivity contribution is 6.01. The topological polar surface area (TPSA) is 89.5 Å². The number of fused-ring (bicyclic) bond motifs is 1. The summed E-state index contributed by atoms with van der Waals surface area (Å²) in [4.78, 5) is 25.7. The van der Waals surface area contributed by atoms with Crippen LogP contribution in [0.25, 0.3) is 11.0 Å². The standard InChI is InChI=1S/C18H26N6O2/c1-22(2)17(25)14-11-13-15(23-7-9-26-10-8-23)20-18(19)21-16(13)24(14)12-5-3-4-6-12/h11-12H,3-10H2,1-2H3,(H2,19,20,21). The van der Waals surface area contributed by atoms with E-state index in [2.05, 4.69) is 19.4 Å². The van der Waals surface area contributed by atoms with Gasteiger partial charge in [0, 0.05) is 33.2 Å². The van der Waals surface area contributed by atoms with Crippen molar-refractivity contribution in [3.05, 3.63) is 11.8 Å². The number of morpholine rings is 1. The van der Waals surface area contributed by atoms with E-state index in [1.165, 1.54) is 12.8 Å². The summed E-state index contributed by atoms with van der Waals surface area (Å²) >= 11 is 0. The number of nitrogens with zero attached hydrogens (tertiary/aromatic N) is 5. The lowest BCUT2D eigenvalue weighted by Crippen LogP contribution is -2.37. The van der Waals surface area contributed by atoms with Crippen molar-refractivity contribution in [3.63, 3.8) is 0 Å². The van der Waals surface area contributed by atoms with E-state index in [4.69, 9.17) is 10.5 Å². The van der Waals surface area contributed by atoms with Crippen molar-refractivity contribution in [2.45, 2.75) is 31.7 Å². The van der Waals surface area contributed by atoms with Gasteiger partial charge in [0.05, 0.1) is 18.6 Å². The molecule has 2 aliphatic rings. The van der Waals surface area contributed by atoms with E-state index >= 15 is 0 Å². The third-order valence-corrected chi connectivity index (χ3v) is 5.32. The molecule has 140 valence electrons. The van der Waals surface area contributed by atoms with Gasteiger partial charge >= 0.3 is 0 Å². The minimum absolute atomic E-state index is 0.0126. The number of nitrogen functional groups attached to an aromatic ring is 1. The molecule has 2 aromatic heterocycles. The molecule has 8 nitrogen and oxygen atoms in total. The van der Waals surface area contributed by atoms with Gasteiger partial charge in [-0.15, -0.1) is 0 Å². The van der Waals surface area contributed by atoms with Crippen molar-refractivity contribution >= 4 is 28.7 Å². The molecule has 1 aliphatic carbocycles. The fourth-order valence-corrected chi connectivity index (χ4v) is 4.04. The van der Waals surface area contributed by atoms with Gasteiger partial charge in [-0.2, -0.15) is 9.97 Å². The van der Waals surface area contributed by atoms with Gasteiger partial charge in [0.1, 0.15) is 17.2 Å². The molecular formula is C18H26N6O2. The van der Waals surface area contributed by atoms with Crippen LogP contribution >= 0.6 is 0 Å². The second-order valence-corrected chi connectivity index (χ2v) is 7.28. The molecule has 0 unspecified atom stereocenters. The Bertz CT molecular complexity index is 819. The normalized spacial score (nSPS) is 18.6. The summed E-state index contributed by atoms with van der Waals surface area (Å²) in [5.41, 5.74) is 7.50. The van der Waals surface area contributed by atoms with Gasteiger partial charge < -0.3 is 24.8 Å². The Labute approximate surface area is 152 Å². The first-order valence-corrected chi connectivity index (χ1v) is 9.29. The molecule has 0 bridgehead atoms. The van der Waals surface area contributed by atoms with Gasteiger partial charge in [-0.3, -0.25) is 4.79 Å². The van der Waals surface area contributed by atoms with Crippen LogP contribution < -0.4 is 10.6 Å². The number of rotatable bonds is 3. The molecule has 0 atom stereocenters. The van der Waals surface area contributed by atoms with Crippen LogP contribution in [0.2, 0.25) is 0 Å². The summed E-state index contributed by atoms with van der Waals surface area (Å²) < 4.78 is 7.56. The van der Waals surface area contributed by atoms with Gasteiger partial charge in [0.15, 0.2) is 0 Å². The number of hydrogen-bond acceptors (Lipinski definition) is 6. The zero-order valence-corrected chi connectivity index (χ0v) is 15.4. The van der Waals surface area contributed by atoms with Crippen molar-refractivity contribution in [1.29, 1.82) is 0 Å². The van der Waals surface area contributed by atoms with E-state index in [9.17, 15) is 4.79 Å². The van der Waals surface area contributed by atoms with Gasteiger partial charge in [-0.1, -0.05) is 12.8 Å². The quantitative estimate of drug-likeness (QED) is 0.898. The molecular weight excluding hydrogens is 332 g/mol.